The first-order valence-electron chi connectivity index (χ1n) is 6.30. The summed E-state index contributed by atoms with van der Waals surface area (Å²) in [4.78, 5) is 2.73. The molecule has 1 N–H and O–H groups in total. The molecule has 0 saturated carbocycles. The summed E-state index contributed by atoms with van der Waals surface area (Å²) in [7, 11) is 0. The van der Waals surface area contributed by atoms with Crippen LogP contribution in [0.4, 0.5) is 0 Å². The Labute approximate surface area is 122 Å². The highest BCUT2D eigenvalue weighted by molar-refractivity contribution is 7.10. The van der Waals surface area contributed by atoms with E-state index in [1.54, 1.807) is 11.3 Å². The second-order valence-electron chi connectivity index (χ2n) is 4.26. The van der Waals surface area contributed by atoms with E-state index in [-0.39, 0.29) is 0 Å². The summed E-state index contributed by atoms with van der Waals surface area (Å²) < 4.78 is 0. The average Bonchev–Trinajstić information content (AvgIpc) is 3.01. The molecule has 2 aromatic rings. The number of thiophene rings is 2. The lowest BCUT2D eigenvalue weighted by Gasteiger charge is -2.17. The third kappa shape index (κ3) is 3.82. The van der Waals surface area contributed by atoms with Crippen LogP contribution in [-0.2, 0) is 6.42 Å². The molecule has 0 amide bonds. The van der Waals surface area contributed by atoms with Crippen molar-refractivity contribution in [3.63, 3.8) is 0 Å². The highest BCUT2D eigenvalue weighted by Crippen LogP contribution is 2.31. The third-order valence-electron chi connectivity index (χ3n) is 2.86. The molecule has 0 radical (unpaired) electrons. The van der Waals surface area contributed by atoms with Crippen molar-refractivity contribution < 1.29 is 0 Å². The molecule has 0 fully saturated rings. The maximum Gasteiger partial charge on any atom is 0.0561 e. The molecule has 0 aliphatic carbocycles. The van der Waals surface area contributed by atoms with E-state index < -0.39 is 0 Å². The van der Waals surface area contributed by atoms with Crippen LogP contribution < -0.4 is 5.32 Å². The van der Waals surface area contributed by atoms with Gasteiger partial charge in [0.05, 0.1) is 5.02 Å². The van der Waals surface area contributed by atoms with Gasteiger partial charge in [-0.3, -0.25) is 0 Å². The van der Waals surface area contributed by atoms with Crippen LogP contribution in [0.1, 0.15) is 35.6 Å². The topological polar surface area (TPSA) is 12.0 Å². The van der Waals surface area contributed by atoms with Gasteiger partial charge in [0.1, 0.15) is 0 Å². The monoisotopic (exact) mass is 299 g/mol. The van der Waals surface area contributed by atoms with Gasteiger partial charge in [0.15, 0.2) is 0 Å². The molecule has 2 rings (SSSR count). The lowest BCUT2D eigenvalue weighted by atomic mass is 10.1. The van der Waals surface area contributed by atoms with Gasteiger partial charge in [0.25, 0.3) is 0 Å². The van der Waals surface area contributed by atoms with Gasteiger partial charge in [-0.1, -0.05) is 24.6 Å². The molecule has 1 nitrogen and oxygen atoms in total. The van der Waals surface area contributed by atoms with Crippen molar-refractivity contribution in [1.29, 1.82) is 0 Å². The normalized spacial score (nSPS) is 12.8. The molecule has 1 atom stereocenters. The zero-order chi connectivity index (χ0) is 12.8. The minimum absolute atomic E-state index is 0.388. The Bertz CT molecular complexity index is 450. The second-order valence-corrected chi connectivity index (χ2v) is 6.64. The van der Waals surface area contributed by atoms with Crippen molar-refractivity contribution in [3.05, 3.63) is 43.7 Å². The van der Waals surface area contributed by atoms with Gasteiger partial charge < -0.3 is 5.32 Å². The molecule has 2 heterocycles. The van der Waals surface area contributed by atoms with E-state index in [0.29, 0.717) is 6.04 Å². The van der Waals surface area contributed by atoms with Crippen LogP contribution in [0.15, 0.2) is 29.0 Å². The molecule has 0 saturated heterocycles. The van der Waals surface area contributed by atoms with Crippen LogP contribution >= 0.6 is 34.3 Å². The van der Waals surface area contributed by atoms with Gasteiger partial charge in [-0.25, -0.2) is 0 Å². The van der Waals surface area contributed by atoms with E-state index in [0.717, 1.165) is 30.8 Å². The minimum atomic E-state index is 0.388. The Balaban J connectivity index is 1.99. The van der Waals surface area contributed by atoms with E-state index >= 15 is 0 Å². The van der Waals surface area contributed by atoms with Crippen molar-refractivity contribution in [3.8, 4) is 0 Å². The van der Waals surface area contributed by atoms with Gasteiger partial charge in [-0.2, -0.15) is 0 Å². The van der Waals surface area contributed by atoms with Crippen LogP contribution in [0.5, 0.6) is 0 Å². The first-order chi connectivity index (χ1) is 8.81. The molecule has 98 valence electrons. The Kier molecular flexibility index (Phi) is 5.70. The summed E-state index contributed by atoms with van der Waals surface area (Å²) in [6.07, 6.45) is 3.38. The number of hydrogen-bond donors (Lipinski definition) is 1. The zero-order valence-electron chi connectivity index (χ0n) is 10.5. The molecule has 1 unspecified atom stereocenters. The first kappa shape index (κ1) is 14.1. The number of hydrogen-bond acceptors (Lipinski definition) is 3. The summed E-state index contributed by atoms with van der Waals surface area (Å²) in [6, 6.07) is 6.71. The maximum absolute atomic E-state index is 6.25. The molecule has 0 bridgehead atoms. The largest absolute Gasteiger partial charge is 0.309 e. The second kappa shape index (κ2) is 7.29. The SMILES string of the molecule is CCCNC(CCc1cccs1)c1sccc1Cl. The van der Waals surface area contributed by atoms with E-state index in [9.17, 15) is 0 Å². The maximum atomic E-state index is 6.25. The smallest absolute Gasteiger partial charge is 0.0561 e. The molecule has 0 aromatic carbocycles. The molecular formula is C14H18ClNS2. The molecule has 0 aliphatic rings. The first-order valence-corrected chi connectivity index (χ1v) is 8.43. The number of aryl methyl sites for hydroxylation is 1. The van der Waals surface area contributed by atoms with Gasteiger partial charge in [-0.05, 0) is 48.7 Å². The third-order valence-corrected chi connectivity index (χ3v) is 5.27. The van der Waals surface area contributed by atoms with Gasteiger partial charge >= 0.3 is 0 Å². The zero-order valence-corrected chi connectivity index (χ0v) is 12.9. The van der Waals surface area contributed by atoms with Crippen LogP contribution in [0.2, 0.25) is 5.02 Å². The Morgan fingerprint density at radius 3 is 2.78 bits per heavy atom. The number of halogens is 1. The molecule has 2 aromatic heterocycles. The molecular weight excluding hydrogens is 282 g/mol. The van der Waals surface area contributed by atoms with E-state index in [2.05, 4.69) is 35.1 Å². The van der Waals surface area contributed by atoms with Gasteiger partial charge in [-0.15, -0.1) is 22.7 Å². The Morgan fingerprint density at radius 1 is 1.28 bits per heavy atom. The van der Waals surface area contributed by atoms with E-state index in [1.165, 1.54) is 9.75 Å². The highest BCUT2D eigenvalue weighted by Gasteiger charge is 2.15. The lowest BCUT2D eigenvalue weighted by molar-refractivity contribution is 0.508. The summed E-state index contributed by atoms with van der Waals surface area (Å²) in [5.41, 5.74) is 0. The highest BCUT2D eigenvalue weighted by atomic mass is 35.5. The fraction of sp³-hybridized carbons (Fsp3) is 0.429. The summed E-state index contributed by atoms with van der Waals surface area (Å²) in [5.74, 6) is 0. The molecule has 0 aliphatic heterocycles. The fourth-order valence-electron chi connectivity index (χ4n) is 1.94. The van der Waals surface area contributed by atoms with Crippen molar-refractivity contribution in [2.75, 3.05) is 6.54 Å². The fourth-order valence-corrected chi connectivity index (χ4v) is 3.96. The number of rotatable bonds is 7. The van der Waals surface area contributed by atoms with Crippen LogP contribution in [0, 0.1) is 0 Å². The van der Waals surface area contributed by atoms with Gasteiger partial charge in [0.2, 0.25) is 0 Å². The molecule has 0 spiro atoms. The van der Waals surface area contributed by atoms with E-state index in [4.69, 9.17) is 11.6 Å². The van der Waals surface area contributed by atoms with Crippen molar-refractivity contribution in [1.82, 2.24) is 5.32 Å². The Morgan fingerprint density at radius 2 is 2.17 bits per heavy atom. The summed E-state index contributed by atoms with van der Waals surface area (Å²) in [5, 5.41) is 8.72. The van der Waals surface area contributed by atoms with Crippen molar-refractivity contribution >= 4 is 34.3 Å². The predicted octanol–water partition coefficient (Wildman–Crippen LogP) is 5.14. The summed E-state index contributed by atoms with van der Waals surface area (Å²) >= 11 is 9.83. The molecule has 4 heteroatoms. The lowest BCUT2D eigenvalue weighted by Crippen LogP contribution is -2.22. The predicted molar refractivity (Wildman–Crippen MR) is 83.0 cm³/mol. The quantitative estimate of drug-likeness (QED) is 0.747. The summed E-state index contributed by atoms with van der Waals surface area (Å²) in [6.45, 7) is 3.24. The van der Waals surface area contributed by atoms with Crippen LogP contribution in [0.25, 0.3) is 0 Å². The Hall–Kier alpha value is -0.350. The van der Waals surface area contributed by atoms with Crippen LogP contribution in [0.3, 0.4) is 0 Å². The van der Waals surface area contributed by atoms with Crippen molar-refractivity contribution in [2.45, 2.75) is 32.2 Å². The van der Waals surface area contributed by atoms with E-state index in [1.807, 2.05) is 17.4 Å². The van der Waals surface area contributed by atoms with Crippen molar-refractivity contribution in [2.24, 2.45) is 0 Å². The number of nitrogens with one attached hydrogen (secondary N) is 1. The van der Waals surface area contributed by atoms with Gasteiger partial charge in [0, 0.05) is 15.8 Å². The minimum Gasteiger partial charge on any atom is -0.309 e. The standard InChI is InChI=1S/C14H18ClNS2/c1-2-8-16-13(14-12(15)7-10-18-14)6-5-11-4-3-9-17-11/h3-4,7,9-10,13,16H,2,5-6,8H2,1H3. The van der Waals surface area contributed by atoms with Crippen LogP contribution in [-0.4, -0.2) is 6.54 Å². The average molecular weight is 300 g/mol. The molecule has 18 heavy (non-hydrogen) atoms.